The van der Waals surface area contributed by atoms with Gasteiger partial charge >= 0.3 is 5.97 Å². The fraction of sp³-hybridized carbons (Fsp3) is 0.533. The average Bonchev–Trinajstić information content (AvgIpc) is 2.84. The molecule has 1 aromatic rings. The van der Waals surface area contributed by atoms with Crippen LogP contribution in [0.4, 0.5) is 0 Å². The molecule has 2 atom stereocenters. The van der Waals surface area contributed by atoms with Gasteiger partial charge in [0.1, 0.15) is 0 Å². The lowest BCUT2D eigenvalue weighted by molar-refractivity contribution is -0.141. The highest BCUT2D eigenvalue weighted by Gasteiger charge is 2.35. The van der Waals surface area contributed by atoms with Crippen LogP contribution in [0.5, 0.6) is 0 Å². The molecule has 108 valence electrons. The van der Waals surface area contributed by atoms with Crippen LogP contribution in [0.25, 0.3) is 0 Å². The standard InChI is InChI=1S/C15H18BrNO3/c16-13-3-1-2-12-11(13)4-5-14(12)17-6-7-20-9-10(17)8-15(18)19/h1-3,10,14H,4-9H2,(H,18,19). The molecule has 0 amide bonds. The van der Waals surface area contributed by atoms with Crippen LogP contribution in [0.1, 0.15) is 30.0 Å². The Morgan fingerprint density at radius 2 is 2.35 bits per heavy atom. The molecule has 1 aliphatic carbocycles. The van der Waals surface area contributed by atoms with Crippen molar-refractivity contribution in [3.8, 4) is 0 Å². The van der Waals surface area contributed by atoms with E-state index >= 15 is 0 Å². The molecule has 0 saturated carbocycles. The van der Waals surface area contributed by atoms with Gasteiger partial charge in [-0.25, -0.2) is 0 Å². The van der Waals surface area contributed by atoms with Gasteiger partial charge in [-0.3, -0.25) is 9.69 Å². The first-order valence-electron chi connectivity index (χ1n) is 6.99. The maximum absolute atomic E-state index is 11.0. The number of carboxylic acids is 1. The van der Waals surface area contributed by atoms with Crippen LogP contribution in [-0.4, -0.2) is 41.8 Å². The van der Waals surface area contributed by atoms with E-state index in [4.69, 9.17) is 9.84 Å². The summed E-state index contributed by atoms with van der Waals surface area (Å²) in [5.74, 6) is -0.752. The van der Waals surface area contributed by atoms with Crippen LogP contribution in [-0.2, 0) is 16.0 Å². The summed E-state index contributed by atoms with van der Waals surface area (Å²) in [7, 11) is 0. The lowest BCUT2D eigenvalue weighted by Gasteiger charge is -2.39. The summed E-state index contributed by atoms with van der Waals surface area (Å²) in [5.41, 5.74) is 2.72. The number of hydrogen-bond donors (Lipinski definition) is 1. The molecule has 0 aromatic heterocycles. The third-order valence-corrected chi connectivity index (χ3v) is 5.01. The molecule has 4 nitrogen and oxygen atoms in total. The van der Waals surface area contributed by atoms with Crippen LogP contribution in [0.2, 0.25) is 0 Å². The topological polar surface area (TPSA) is 49.8 Å². The van der Waals surface area contributed by atoms with Crippen molar-refractivity contribution >= 4 is 21.9 Å². The van der Waals surface area contributed by atoms with Crippen LogP contribution in [0.3, 0.4) is 0 Å². The monoisotopic (exact) mass is 339 g/mol. The zero-order chi connectivity index (χ0) is 14.1. The lowest BCUT2D eigenvalue weighted by Crippen LogP contribution is -2.47. The Morgan fingerprint density at radius 3 is 3.15 bits per heavy atom. The van der Waals surface area contributed by atoms with Crippen LogP contribution in [0.15, 0.2) is 22.7 Å². The molecular weight excluding hydrogens is 322 g/mol. The largest absolute Gasteiger partial charge is 0.481 e. The van der Waals surface area contributed by atoms with E-state index in [1.165, 1.54) is 15.6 Å². The maximum Gasteiger partial charge on any atom is 0.305 e. The molecule has 1 saturated heterocycles. The molecule has 0 spiro atoms. The van der Waals surface area contributed by atoms with Gasteiger partial charge in [-0.1, -0.05) is 28.1 Å². The molecule has 1 N–H and O–H groups in total. The number of carboxylic acid groups (broad SMARTS) is 1. The summed E-state index contributed by atoms with van der Waals surface area (Å²) in [6.45, 7) is 2.02. The Balaban J connectivity index is 1.85. The summed E-state index contributed by atoms with van der Waals surface area (Å²) in [5, 5.41) is 9.08. The number of morpholine rings is 1. The predicted molar refractivity (Wildman–Crippen MR) is 78.8 cm³/mol. The number of halogens is 1. The highest BCUT2D eigenvalue weighted by Crippen LogP contribution is 2.40. The van der Waals surface area contributed by atoms with Crippen molar-refractivity contribution < 1.29 is 14.6 Å². The molecule has 5 heteroatoms. The Hall–Kier alpha value is -0.910. The predicted octanol–water partition coefficient (Wildman–Crippen LogP) is 2.61. The second-order valence-corrected chi connectivity index (χ2v) is 6.28. The smallest absolute Gasteiger partial charge is 0.305 e. The fourth-order valence-electron chi connectivity index (χ4n) is 3.39. The van der Waals surface area contributed by atoms with Crippen molar-refractivity contribution in [3.05, 3.63) is 33.8 Å². The molecule has 2 aliphatic rings. The number of hydrogen-bond acceptors (Lipinski definition) is 3. The average molecular weight is 340 g/mol. The summed E-state index contributed by atoms with van der Waals surface area (Å²) >= 11 is 3.62. The number of benzene rings is 1. The van der Waals surface area contributed by atoms with Gasteiger partial charge in [-0.15, -0.1) is 0 Å². The first kappa shape index (κ1) is 14.0. The lowest BCUT2D eigenvalue weighted by atomic mass is 10.0. The molecule has 1 aliphatic heterocycles. The first-order chi connectivity index (χ1) is 9.66. The second-order valence-electron chi connectivity index (χ2n) is 5.43. The van der Waals surface area contributed by atoms with Crippen molar-refractivity contribution in [3.63, 3.8) is 0 Å². The van der Waals surface area contributed by atoms with Gasteiger partial charge in [0.25, 0.3) is 0 Å². The van der Waals surface area contributed by atoms with E-state index in [2.05, 4.69) is 39.0 Å². The fourth-order valence-corrected chi connectivity index (χ4v) is 3.97. The summed E-state index contributed by atoms with van der Waals surface area (Å²) in [4.78, 5) is 13.4. The molecular formula is C15H18BrNO3. The van der Waals surface area contributed by atoms with Crippen molar-refractivity contribution in [1.82, 2.24) is 4.90 Å². The van der Waals surface area contributed by atoms with Crippen LogP contribution >= 0.6 is 15.9 Å². The first-order valence-corrected chi connectivity index (χ1v) is 7.78. The van der Waals surface area contributed by atoms with Crippen molar-refractivity contribution in [2.45, 2.75) is 31.3 Å². The number of aliphatic carboxylic acids is 1. The van der Waals surface area contributed by atoms with Crippen LogP contribution in [0, 0.1) is 0 Å². The third-order valence-electron chi connectivity index (χ3n) is 4.27. The Labute approximate surface area is 126 Å². The molecule has 1 aromatic carbocycles. The molecule has 20 heavy (non-hydrogen) atoms. The summed E-state index contributed by atoms with van der Waals surface area (Å²) in [6, 6.07) is 6.63. The van der Waals surface area contributed by atoms with E-state index < -0.39 is 5.97 Å². The van der Waals surface area contributed by atoms with Gasteiger partial charge in [0.05, 0.1) is 19.6 Å². The second kappa shape index (κ2) is 5.84. The zero-order valence-electron chi connectivity index (χ0n) is 11.2. The van der Waals surface area contributed by atoms with E-state index in [1.807, 2.05) is 0 Å². The molecule has 2 unspecified atom stereocenters. The highest BCUT2D eigenvalue weighted by atomic mass is 79.9. The van der Waals surface area contributed by atoms with Gasteiger partial charge in [0, 0.05) is 23.1 Å². The van der Waals surface area contributed by atoms with Gasteiger partial charge < -0.3 is 9.84 Å². The number of rotatable bonds is 3. The molecule has 1 fully saturated rings. The van der Waals surface area contributed by atoms with E-state index in [1.54, 1.807) is 0 Å². The van der Waals surface area contributed by atoms with E-state index in [0.717, 1.165) is 19.4 Å². The summed E-state index contributed by atoms with van der Waals surface area (Å²) < 4.78 is 6.64. The van der Waals surface area contributed by atoms with E-state index in [0.29, 0.717) is 19.3 Å². The van der Waals surface area contributed by atoms with Gasteiger partial charge in [-0.05, 0) is 30.0 Å². The minimum atomic E-state index is -0.752. The summed E-state index contributed by atoms with van der Waals surface area (Å²) in [6.07, 6.45) is 2.27. The third kappa shape index (κ3) is 2.62. The highest BCUT2D eigenvalue weighted by molar-refractivity contribution is 9.10. The molecule has 0 bridgehead atoms. The Bertz CT molecular complexity index is 520. The van der Waals surface area contributed by atoms with Gasteiger partial charge in [-0.2, -0.15) is 0 Å². The van der Waals surface area contributed by atoms with Gasteiger partial charge in [0.2, 0.25) is 0 Å². The van der Waals surface area contributed by atoms with E-state index in [9.17, 15) is 4.79 Å². The van der Waals surface area contributed by atoms with Crippen molar-refractivity contribution in [2.75, 3.05) is 19.8 Å². The number of carbonyl (C=O) groups is 1. The molecule has 3 rings (SSSR count). The van der Waals surface area contributed by atoms with Gasteiger partial charge in [0.15, 0.2) is 0 Å². The molecule has 1 heterocycles. The Morgan fingerprint density at radius 1 is 1.50 bits per heavy atom. The molecule has 0 radical (unpaired) electrons. The normalized spacial score (nSPS) is 26.4. The maximum atomic E-state index is 11.0. The minimum Gasteiger partial charge on any atom is -0.481 e. The Kier molecular flexibility index (Phi) is 4.10. The number of fused-ring (bicyclic) bond motifs is 1. The number of ether oxygens (including phenoxy) is 1. The quantitative estimate of drug-likeness (QED) is 0.919. The zero-order valence-corrected chi connectivity index (χ0v) is 12.8. The number of nitrogens with zero attached hydrogens (tertiary/aromatic N) is 1. The minimum absolute atomic E-state index is 0.0174. The SMILES string of the molecule is O=C(O)CC1COCCN1C1CCc2c(Br)cccc21. The van der Waals surface area contributed by atoms with Crippen LogP contribution < -0.4 is 0 Å². The van der Waals surface area contributed by atoms with Crippen molar-refractivity contribution in [2.24, 2.45) is 0 Å². The van der Waals surface area contributed by atoms with Crippen molar-refractivity contribution in [1.29, 1.82) is 0 Å². The van der Waals surface area contributed by atoms with E-state index in [-0.39, 0.29) is 12.5 Å².